The highest BCUT2D eigenvalue weighted by atomic mass is 19.2. The Kier molecular flexibility index (Phi) is 8.34. The van der Waals surface area contributed by atoms with Crippen LogP contribution in [0.3, 0.4) is 0 Å². The molecule has 1 saturated heterocycles. The van der Waals surface area contributed by atoms with E-state index in [4.69, 9.17) is 9.47 Å². The lowest BCUT2D eigenvalue weighted by atomic mass is 10.2. The van der Waals surface area contributed by atoms with E-state index in [0.717, 1.165) is 25.6 Å². The number of carbonyl (C=O) groups is 1. The molecule has 2 aromatic carbocycles. The maximum atomic E-state index is 13.8. The zero-order valence-electron chi connectivity index (χ0n) is 22.4. The lowest BCUT2D eigenvalue weighted by Crippen LogP contribution is -2.28. The Bertz CT molecular complexity index is 1500. The highest BCUT2D eigenvalue weighted by Gasteiger charge is 2.19. The van der Waals surface area contributed by atoms with Gasteiger partial charge < -0.3 is 25.0 Å². The topological polar surface area (TPSA) is 106 Å². The van der Waals surface area contributed by atoms with Gasteiger partial charge in [0.25, 0.3) is 0 Å². The lowest BCUT2D eigenvalue weighted by Gasteiger charge is -2.21. The van der Waals surface area contributed by atoms with Crippen LogP contribution in [0.15, 0.2) is 49.1 Å². The number of nitrogens with zero attached hydrogens (tertiary/aromatic N) is 5. The van der Waals surface area contributed by atoms with Gasteiger partial charge in [0.15, 0.2) is 23.1 Å². The summed E-state index contributed by atoms with van der Waals surface area (Å²) in [5.74, 6) is -1.01. The van der Waals surface area contributed by atoms with Crippen molar-refractivity contribution in [3.05, 3.63) is 60.7 Å². The molecule has 1 aliphatic heterocycles. The molecule has 210 valence electrons. The van der Waals surface area contributed by atoms with E-state index in [1.165, 1.54) is 42.2 Å². The van der Waals surface area contributed by atoms with Crippen LogP contribution < -0.4 is 20.1 Å². The number of halogens is 2. The molecule has 5 rings (SSSR count). The smallest absolute Gasteiger partial charge is 0.246 e. The number of likely N-dealkylation sites (tertiary alicyclic amines) is 1. The van der Waals surface area contributed by atoms with Gasteiger partial charge in [-0.25, -0.2) is 18.7 Å². The van der Waals surface area contributed by atoms with Crippen molar-refractivity contribution in [1.82, 2.24) is 24.6 Å². The Labute approximate surface area is 230 Å². The quantitative estimate of drug-likeness (QED) is 0.257. The molecule has 1 fully saturated rings. The van der Waals surface area contributed by atoms with E-state index in [-0.39, 0.29) is 12.2 Å². The minimum absolute atomic E-state index is 0.201. The number of methoxy groups -OCH3 is 1. The number of hydrogen-bond acceptors (Lipinski definition) is 8. The number of anilines is 3. The van der Waals surface area contributed by atoms with Crippen LogP contribution in [0.25, 0.3) is 10.9 Å². The van der Waals surface area contributed by atoms with Crippen LogP contribution in [0.1, 0.15) is 26.2 Å². The van der Waals surface area contributed by atoms with Gasteiger partial charge in [0, 0.05) is 30.2 Å². The molecule has 0 spiro atoms. The summed E-state index contributed by atoms with van der Waals surface area (Å²) in [5, 5.41) is 10.4. The fraction of sp³-hybridized carbons (Fsp3) is 0.357. The van der Waals surface area contributed by atoms with Gasteiger partial charge in [0.1, 0.15) is 18.7 Å². The third-order valence-electron chi connectivity index (χ3n) is 6.89. The van der Waals surface area contributed by atoms with Gasteiger partial charge >= 0.3 is 0 Å². The van der Waals surface area contributed by atoms with Gasteiger partial charge in [-0.2, -0.15) is 5.10 Å². The highest BCUT2D eigenvalue weighted by molar-refractivity contribution is 5.93. The molecule has 0 saturated carbocycles. The zero-order chi connectivity index (χ0) is 28.1. The van der Waals surface area contributed by atoms with Crippen molar-refractivity contribution in [2.24, 2.45) is 0 Å². The van der Waals surface area contributed by atoms with Crippen molar-refractivity contribution in [1.29, 1.82) is 0 Å². The van der Waals surface area contributed by atoms with Crippen LogP contribution in [-0.2, 0) is 11.3 Å². The number of aromatic nitrogens is 4. The monoisotopic (exact) mass is 551 g/mol. The molecule has 12 heteroatoms. The Morgan fingerprint density at radius 1 is 1.20 bits per heavy atom. The molecule has 40 heavy (non-hydrogen) atoms. The minimum Gasteiger partial charge on any atom is -0.493 e. The molecule has 1 atom stereocenters. The van der Waals surface area contributed by atoms with E-state index >= 15 is 0 Å². The van der Waals surface area contributed by atoms with Gasteiger partial charge in [-0.3, -0.25) is 9.48 Å². The molecule has 10 nitrogen and oxygen atoms in total. The van der Waals surface area contributed by atoms with Crippen LogP contribution in [0.5, 0.6) is 11.5 Å². The van der Waals surface area contributed by atoms with Gasteiger partial charge in [0.2, 0.25) is 5.91 Å². The molecule has 3 heterocycles. The Balaban J connectivity index is 1.23. The summed E-state index contributed by atoms with van der Waals surface area (Å²) in [6.45, 7) is 4.79. The fourth-order valence-corrected chi connectivity index (χ4v) is 4.80. The molecular formula is C28H31F2N7O3. The van der Waals surface area contributed by atoms with Crippen molar-refractivity contribution >= 4 is 34.0 Å². The maximum Gasteiger partial charge on any atom is 0.246 e. The first kappa shape index (κ1) is 27.3. The van der Waals surface area contributed by atoms with Crippen molar-refractivity contribution in [3.8, 4) is 11.5 Å². The third-order valence-corrected chi connectivity index (χ3v) is 6.89. The van der Waals surface area contributed by atoms with Crippen LogP contribution in [0.4, 0.5) is 26.0 Å². The largest absolute Gasteiger partial charge is 0.493 e. The minimum atomic E-state index is -1.12. The van der Waals surface area contributed by atoms with Crippen LogP contribution in [0, 0.1) is 11.6 Å². The van der Waals surface area contributed by atoms with Crippen LogP contribution in [0.2, 0.25) is 0 Å². The summed E-state index contributed by atoms with van der Waals surface area (Å²) in [6, 6.07) is 7.86. The predicted molar refractivity (Wildman–Crippen MR) is 147 cm³/mol. The van der Waals surface area contributed by atoms with E-state index in [1.54, 1.807) is 13.3 Å². The van der Waals surface area contributed by atoms with E-state index in [9.17, 15) is 13.6 Å². The van der Waals surface area contributed by atoms with Gasteiger partial charge in [-0.05, 0) is 50.9 Å². The number of benzene rings is 2. The second kappa shape index (κ2) is 12.2. The number of hydrogen-bond donors (Lipinski definition) is 2. The zero-order valence-corrected chi connectivity index (χ0v) is 22.4. The molecule has 1 amide bonds. The number of fused-ring (bicyclic) bond motifs is 1. The van der Waals surface area contributed by atoms with Crippen molar-refractivity contribution in [3.63, 3.8) is 0 Å². The third kappa shape index (κ3) is 6.28. The van der Waals surface area contributed by atoms with Crippen LogP contribution in [-0.4, -0.2) is 63.4 Å². The number of ether oxygens (including phenoxy) is 2. The van der Waals surface area contributed by atoms with Crippen molar-refractivity contribution < 1.29 is 23.0 Å². The van der Waals surface area contributed by atoms with Gasteiger partial charge in [-0.15, -0.1) is 0 Å². The Morgan fingerprint density at radius 3 is 2.88 bits per heavy atom. The second-order valence-corrected chi connectivity index (χ2v) is 9.67. The Hall–Kier alpha value is -4.32. The predicted octanol–water partition coefficient (Wildman–Crippen LogP) is 4.75. The number of rotatable bonds is 11. The molecule has 0 aliphatic carbocycles. The molecular weight excluding hydrogens is 520 g/mol. The molecule has 0 unspecified atom stereocenters. The van der Waals surface area contributed by atoms with Crippen molar-refractivity contribution in [2.45, 2.75) is 38.8 Å². The first-order chi connectivity index (χ1) is 19.4. The molecule has 1 aliphatic rings. The lowest BCUT2D eigenvalue weighted by molar-refractivity contribution is -0.116. The van der Waals surface area contributed by atoms with Crippen molar-refractivity contribution in [2.75, 3.05) is 37.4 Å². The SMILES string of the molecule is COc1cc2c(Nc3cnn(CC(=O)Nc4cccc(F)c4F)c3)ncnc2cc1OCCCN1CCC[C@@H]1C. The summed E-state index contributed by atoms with van der Waals surface area (Å²) in [5.41, 5.74) is 1.01. The van der Waals surface area contributed by atoms with E-state index in [1.807, 2.05) is 12.1 Å². The highest BCUT2D eigenvalue weighted by Crippen LogP contribution is 2.35. The second-order valence-electron chi connectivity index (χ2n) is 9.67. The normalized spacial score (nSPS) is 15.3. The average molecular weight is 552 g/mol. The standard InChI is InChI=1S/C28H31F2N7O3/c1-18-6-4-9-36(18)10-5-11-40-25-13-23-20(12-24(25)39-2)28(32-17-31-23)34-19-14-33-37(15-19)16-26(38)35-22-8-3-7-21(29)27(22)30/h3,7-8,12-15,17-18H,4-6,9-11,16H2,1-2H3,(H,35,38)(H,31,32,34)/t18-/m0/s1. The number of nitrogens with one attached hydrogen (secondary N) is 2. The van der Waals surface area contributed by atoms with Gasteiger partial charge in [0.05, 0.1) is 36.8 Å². The number of carbonyl (C=O) groups excluding carboxylic acids is 1. The van der Waals surface area contributed by atoms with E-state index < -0.39 is 17.5 Å². The first-order valence-electron chi connectivity index (χ1n) is 13.1. The molecule has 2 aromatic heterocycles. The summed E-state index contributed by atoms with van der Waals surface area (Å²) in [6.07, 6.45) is 8.00. The average Bonchev–Trinajstić information content (AvgIpc) is 3.56. The number of amides is 1. The molecule has 4 aromatic rings. The summed E-state index contributed by atoms with van der Waals surface area (Å²) < 4.78 is 40.3. The van der Waals surface area contributed by atoms with E-state index in [2.05, 4.69) is 37.5 Å². The van der Waals surface area contributed by atoms with Crippen LogP contribution >= 0.6 is 0 Å². The molecule has 0 bridgehead atoms. The Morgan fingerprint density at radius 2 is 2.08 bits per heavy atom. The fourth-order valence-electron chi connectivity index (χ4n) is 4.80. The summed E-state index contributed by atoms with van der Waals surface area (Å²) in [4.78, 5) is 23.6. The van der Waals surface area contributed by atoms with Gasteiger partial charge in [-0.1, -0.05) is 6.07 Å². The summed E-state index contributed by atoms with van der Waals surface area (Å²) in [7, 11) is 1.58. The molecule has 0 radical (unpaired) electrons. The maximum absolute atomic E-state index is 13.8. The van der Waals surface area contributed by atoms with E-state index in [0.29, 0.717) is 46.6 Å². The summed E-state index contributed by atoms with van der Waals surface area (Å²) >= 11 is 0. The first-order valence-corrected chi connectivity index (χ1v) is 13.1. The molecule has 2 N–H and O–H groups in total.